The molecule has 0 radical (unpaired) electrons. The number of benzene rings is 2. The van der Waals surface area contributed by atoms with Crippen molar-refractivity contribution in [3.8, 4) is 17.2 Å². The third kappa shape index (κ3) is 3.35. The molecule has 0 aromatic heterocycles. The van der Waals surface area contributed by atoms with Crippen molar-refractivity contribution < 1.29 is 20.1 Å². The Morgan fingerprint density at radius 3 is 2.21 bits per heavy atom. The Hall–Kier alpha value is -2.75. The number of phenolic OH excluding ortho intramolecular Hbond substituents is 3. The maximum Gasteiger partial charge on any atom is 0.186 e. The monoisotopic (exact) mass is 256 g/mol. The molecule has 2 aromatic rings. The van der Waals surface area contributed by atoms with Crippen molar-refractivity contribution in [2.24, 2.45) is 0 Å². The first kappa shape index (κ1) is 12.7. The quantitative estimate of drug-likeness (QED) is 0.583. The number of hydrogen-bond acceptors (Lipinski definition) is 4. The second kappa shape index (κ2) is 5.27. The van der Waals surface area contributed by atoms with E-state index >= 15 is 0 Å². The smallest absolute Gasteiger partial charge is 0.186 e. The van der Waals surface area contributed by atoms with Crippen LogP contribution >= 0.6 is 0 Å². The average molecular weight is 256 g/mol. The zero-order valence-corrected chi connectivity index (χ0v) is 9.95. The Morgan fingerprint density at radius 2 is 1.58 bits per heavy atom. The highest BCUT2D eigenvalue weighted by molar-refractivity contribution is 6.07. The maximum atomic E-state index is 11.8. The molecule has 4 nitrogen and oxygen atoms in total. The number of phenols is 3. The molecular weight excluding hydrogens is 244 g/mol. The van der Waals surface area contributed by atoms with Gasteiger partial charge in [0.05, 0.1) is 0 Å². The zero-order valence-electron chi connectivity index (χ0n) is 9.95. The van der Waals surface area contributed by atoms with Gasteiger partial charge in [-0.15, -0.1) is 0 Å². The highest BCUT2D eigenvalue weighted by Gasteiger charge is 2.05. The van der Waals surface area contributed by atoms with Crippen molar-refractivity contribution in [3.63, 3.8) is 0 Å². The minimum absolute atomic E-state index is 0.115. The van der Waals surface area contributed by atoms with E-state index in [-0.39, 0.29) is 28.6 Å². The van der Waals surface area contributed by atoms with Crippen LogP contribution in [-0.2, 0) is 0 Å². The fourth-order valence-electron chi connectivity index (χ4n) is 1.63. The van der Waals surface area contributed by atoms with E-state index in [1.165, 1.54) is 30.3 Å². The van der Waals surface area contributed by atoms with Gasteiger partial charge in [0.2, 0.25) is 0 Å². The summed E-state index contributed by atoms with van der Waals surface area (Å²) in [5.41, 5.74) is 0.867. The minimum atomic E-state index is -0.352. The van der Waals surface area contributed by atoms with Crippen molar-refractivity contribution in [2.75, 3.05) is 0 Å². The molecule has 0 aliphatic rings. The topological polar surface area (TPSA) is 77.8 Å². The number of carbonyl (C=O) groups excluding carboxylic acids is 1. The van der Waals surface area contributed by atoms with Gasteiger partial charge in [0.25, 0.3) is 0 Å². The molecule has 0 amide bonds. The molecule has 4 heteroatoms. The lowest BCUT2D eigenvalue weighted by molar-refractivity contribution is 0.104. The van der Waals surface area contributed by atoms with Crippen LogP contribution in [0.1, 0.15) is 15.9 Å². The van der Waals surface area contributed by atoms with E-state index in [1.807, 2.05) is 0 Å². The highest BCUT2D eigenvalue weighted by atomic mass is 16.3. The standard InChI is InChI=1S/C15H12O4/c16-12-3-1-2-10(6-12)4-5-15(19)11-7-13(17)9-14(18)8-11/h1-9,16-18H. The molecule has 0 atom stereocenters. The zero-order chi connectivity index (χ0) is 13.8. The summed E-state index contributed by atoms with van der Waals surface area (Å²) in [6.45, 7) is 0. The number of hydrogen-bond donors (Lipinski definition) is 3. The van der Waals surface area contributed by atoms with Gasteiger partial charge >= 0.3 is 0 Å². The van der Waals surface area contributed by atoms with Gasteiger partial charge in [0.15, 0.2) is 5.78 Å². The van der Waals surface area contributed by atoms with Crippen molar-refractivity contribution in [3.05, 3.63) is 59.7 Å². The van der Waals surface area contributed by atoms with Crippen LogP contribution in [0.15, 0.2) is 48.5 Å². The van der Waals surface area contributed by atoms with Crippen LogP contribution in [0.5, 0.6) is 17.2 Å². The van der Waals surface area contributed by atoms with Crippen LogP contribution in [0.2, 0.25) is 0 Å². The maximum absolute atomic E-state index is 11.8. The third-order valence-electron chi connectivity index (χ3n) is 2.48. The largest absolute Gasteiger partial charge is 0.508 e. The summed E-state index contributed by atoms with van der Waals surface area (Å²) in [4.78, 5) is 11.8. The summed E-state index contributed by atoms with van der Waals surface area (Å²) in [6.07, 6.45) is 2.85. The predicted octanol–water partition coefficient (Wildman–Crippen LogP) is 2.70. The molecule has 0 bridgehead atoms. The van der Waals surface area contributed by atoms with Crippen molar-refractivity contribution >= 4 is 11.9 Å². The normalized spacial score (nSPS) is 10.7. The van der Waals surface area contributed by atoms with Gasteiger partial charge in [-0.05, 0) is 35.9 Å². The van der Waals surface area contributed by atoms with E-state index < -0.39 is 0 Å². The van der Waals surface area contributed by atoms with Gasteiger partial charge in [0.1, 0.15) is 17.2 Å². The molecule has 0 saturated carbocycles. The second-order valence-corrected chi connectivity index (χ2v) is 4.03. The molecule has 3 N–H and O–H groups in total. The van der Waals surface area contributed by atoms with E-state index in [0.717, 1.165) is 6.07 Å². The summed E-state index contributed by atoms with van der Waals surface area (Å²) >= 11 is 0. The second-order valence-electron chi connectivity index (χ2n) is 4.03. The highest BCUT2D eigenvalue weighted by Crippen LogP contribution is 2.21. The Morgan fingerprint density at radius 1 is 0.895 bits per heavy atom. The van der Waals surface area contributed by atoms with Crippen LogP contribution < -0.4 is 0 Å². The fraction of sp³-hybridized carbons (Fsp3) is 0. The molecule has 0 unspecified atom stereocenters. The fourth-order valence-corrected chi connectivity index (χ4v) is 1.63. The summed E-state index contributed by atoms with van der Waals surface area (Å²) in [6, 6.07) is 10.2. The SMILES string of the molecule is O=C(C=Cc1cccc(O)c1)c1cc(O)cc(O)c1. The van der Waals surface area contributed by atoms with Crippen LogP contribution in [0, 0.1) is 0 Å². The number of ketones is 1. The Balaban J connectivity index is 2.21. The first-order valence-electron chi connectivity index (χ1n) is 5.59. The van der Waals surface area contributed by atoms with Gasteiger partial charge in [0, 0.05) is 11.6 Å². The lowest BCUT2D eigenvalue weighted by Crippen LogP contribution is -1.93. The Labute approximate surface area is 109 Å². The molecule has 0 heterocycles. The van der Waals surface area contributed by atoms with E-state index in [0.29, 0.717) is 5.56 Å². The van der Waals surface area contributed by atoms with Crippen LogP contribution in [0.3, 0.4) is 0 Å². The van der Waals surface area contributed by atoms with Gasteiger partial charge in [-0.1, -0.05) is 18.2 Å². The first-order valence-corrected chi connectivity index (χ1v) is 5.59. The Bertz CT molecular complexity index is 624. The van der Waals surface area contributed by atoms with Crippen LogP contribution in [0.25, 0.3) is 6.08 Å². The molecule has 0 fully saturated rings. The number of allylic oxidation sites excluding steroid dienone is 1. The van der Waals surface area contributed by atoms with E-state index in [2.05, 4.69) is 0 Å². The summed E-state index contributed by atoms with van der Waals surface area (Å²) in [7, 11) is 0. The van der Waals surface area contributed by atoms with E-state index in [9.17, 15) is 20.1 Å². The van der Waals surface area contributed by atoms with Crippen molar-refractivity contribution in [1.82, 2.24) is 0 Å². The van der Waals surface area contributed by atoms with Crippen molar-refractivity contribution in [2.45, 2.75) is 0 Å². The number of rotatable bonds is 3. The average Bonchev–Trinajstić information content (AvgIpc) is 2.35. The molecule has 19 heavy (non-hydrogen) atoms. The van der Waals surface area contributed by atoms with Crippen LogP contribution in [-0.4, -0.2) is 21.1 Å². The molecule has 0 aliphatic heterocycles. The van der Waals surface area contributed by atoms with Gasteiger partial charge in [-0.2, -0.15) is 0 Å². The van der Waals surface area contributed by atoms with E-state index in [4.69, 9.17) is 0 Å². The minimum Gasteiger partial charge on any atom is -0.508 e. The van der Waals surface area contributed by atoms with Gasteiger partial charge < -0.3 is 15.3 Å². The molecule has 2 rings (SSSR count). The molecule has 0 spiro atoms. The summed E-state index contributed by atoms with van der Waals surface area (Å²) in [5.74, 6) is -0.581. The molecule has 96 valence electrons. The molecular formula is C15H12O4. The summed E-state index contributed by atoms with van der Waals surface area (Å²) in [5, 5.41) is 27.9. The summed E-state index contributed by atoms with van der Waals surface area (Å²) < 4.78 is 0. The lowest BCUT2D eigenvalue weighted by atomic mass is 10.1. The van der Waals surface area contributed by atoms with E-state index in [1.54, 1.807) is 18.2 Å². The predicted molar refractivity (Wildman–Crippen MR) is 71.2 cm³/mol. The van der Waals surface area contributed by atoms with Gasteiger partial charge in [-0.25, -0.2) is 0 Å². The van der Waals surface area contributed by atoms with Crippen molar-refractivity contribution in [1.29, 1.82) is 0 Å². The van der Waals surface area contributed by atoms with Gasteiger partial charge in [-0.3, -0.25) is 4.79 Å². The molecule has 0 aliphatic carbocycles. The molecule has 0 saturated heterocycles. The van der Waals surface area contributed by atoms with Crippen LogP contribution in [0.4, 0.5) is 0 Å². The lowest BCUT2D eigenvalue weighted by Gasteiger charge is -1.99. The molecule has 2 aromatic carbocycles. The third-order valence-corrected chi connectivity index (χ3v) is 2.48. The number of carbonyl (C=O) groups is 1. The first-order chi connectivity index (χ1) is 9.04. The number of aromatic hydroxyl groups is 3. The Kier molecular flexibility index (Phi) is 3.52.